The number of carbonyl (C=O) groups excluding carboxylic acids is 1. The topological polar surface area (TPSA) is 42.0 Å². The van der Waals surface area contributed by atoms with Gasteiger partial charge in [-0.25, -0.2) is 13.8 Å². The van der Waals surface area contributed by atoms with Crippen molar-refractivity contribution in [2.45, 2.75) is 19.4 Å². The smallest absolute Gasteiger partial charge is 0.220 e. The van der Waals surface area contributed by atoms with Gasteiger partial charge in [-0.15, -0.1) is 11.3 Å². The minimum Gasteiger partial charge on any atom is -0.350 e. The van der Waals surface area contributed by atoms with Crippen LogP contribution in [0.15, 0.2) is 42.5 Å². The molecule has 23 heavy (non-hydrogen) atoms. The second kappa shape index (κ2) is 6.83. The van der Waals surface area contributed by atoms with E-state index in [1.165, 1.54) is 6.07 Å². The van der Waals surface area contributed by atoms with Crippen molar-refractivity contribution in [1.82, 2.24) is 10.3 Å². The van der Waals surface area contributed by atoms with Gasteiger partial charge in [0.15, 0.2) is 11.6 Å². The van der Waals surface area contributed by atoms with Crippen LogP contribution in [0.2, 0.25) is 0 Å². The number of aromatic nitrogens is 1. The molecule has 0 fully saturated rings. The number of aryl methyl sites for hydroxylation is 1. The van der Waals surface area contributed by atoms with Gasteiger partial charge in [-0.2, -0.15) is 0 Å². The minimum absolute atomic E-state index is 0.144. The summed E-state index contributed by atoms with van der Waals surface area (Å²) in [6.45, 7) is 0.371. The number of hydrogen-bond acceptors (Lipinski definition) is 3. The molecular weight excluding hydrogens is 318 g/mol. The van der Waals surface area contributed by atoms with Gasteiger partial charge in [-0.3, -0.25) is 4.79 Å². The van der Waals surface area contributed by atoms with Gasteiger partial charge in [0.05, 0.1) is 16.8 Å². The molecule has 1 amide bonds. The number of halogens is 2. The molecule has 0 aliphatic rings. The zero-order chi connectivity index (χ0) is 16.2. The zero-order valence-electron chi connectivity index (χ0n) is 12.2. The Morgan fingerprint density at radius 3 is 2.74 bits per heavy atom. The van der Waals surface area contributed by atoms with Crippen molar-refractivity contribution in [3.8, 4) is 0 Å². The highest BCUT2D eigenvalue weighted by molar-refractivity contribution is 7.18. The van der Waals surface area contributed by atoms with E-state index in [4.69, 9.17) is 0 Å². The second-order valence-electron chi connectivity index (χ2n) is 5.10. The molecule has 0 saturated heterocycles. The Labute approximate surface area is 136 Å². The van der Waals surface area contributed by atoms with E-state index < -0.39 is 11.6 Å². The first-order valence-corrected chi connectivity index (χ1v) is 7.98. The molecule has 0 radical (unpaired) electrons. The van der Waals surface area contributed by atoms with E-state index in [2.05, 4.69) is 10.3 Å². The lowest BCUT2D eigenvalue weighted by Gasteiger charge is -2.04. The first-order valence-electron chi connectivity index (χ1n) is 7.17. The van der Waals surface area contributed by atoms with Gasteiger partial charge >= 0.3 is 0 Å². The number of fused-ring (bicyclic) bond motifs is 1. The highest BCUT2D eigenvalue weighted by Gasteiger charge is 2.08. The van der Waals surface area contributed by atoms with Crippen molar-refractivity contribution in [3.63, 3.8) is 0 Å². The van der Waals surface area contributed by atoms with Crippen molar-refractivity contribution < 1.29 is 13.6 Å². The van der Waals surface area contributed by atoms with Crippen molar-refractivity contribution >= 4 is 27.5 Å². The number of amides is 1. The lowest BCUT2D eigenvalue weighted by molar-refractivity contribution is -0.121. The molecule has 0 unspecified atom stereocenters. The normalized spacial score (nSPS) is 10.9. The van der Waals surface area contributed by atoms with E-state index in [0.717, 1.165) is 27.4 Å². The van der Waals surface area contributed by atoms with Crippen LogP contribution >= 0.6 is 11.3 Å². The predicted octanol–water partition coefficient (Wildman–Crippen LogP) is 3.82. The highest BCUT2D eigenvalue weighted by atomic mass is 32.1. The summed E-state index contributed by atoms with van der Waals surface area (Å²) in [5.74, 6) is -1.92. The van der Waals surface area contributed by atoms with Gasteiger partial charge in [-0.05, 0) is 36.2 Å². The van der Waals surface area contributed by atoms with Crippen LogP contribution in [0.3, 0.4) is 0 Å². The third kappa shape index (κ3) is 3.90. The molecule has 6 heteroatoms. The van der Waals surface area contributed by atoms with Crippen molar-refractivity contribution in [1.29, 1.82) is 0 Å². The van der Waals surface area contributed by atoms with Crippen LogP contribution in [0.4, 0.5) is 8.78 Å². The fourth-order valence-electron chi connectivity index (χ4n) is 2.21. The van der Waals surface area contributed by atoms with Crippen LogP contribution in [0, 0.1) is 11.6 Å². The van der Waals surface area contributed by atoms with Crippen LogP contribution in [0.25, 0.3) is 10.2 Å². The maximum absolute atomic E-state index is 13.1. The van der Waals surface area contributed by atoms with Crippen LogP contribution < -0.4 is 5.32 Å². The first-order chi connectivity index (χ1) is 11.1. The number of thiazole rings is 1. The second-order valence-corrected chi connectivity index (χ2v) is 6.22. The summed E-state index contributed by atoms with van der Waals surface area (Å²) < 4.78 is 27.0. The maximum atomic E-state index is 13.1. The molecule has 3 aromatic rings. The molecule has 0 aliphatic heterocycles. The molecule has 3 nitrogen and oxygen atoms in total. The molecule has 0 atom stereocenters. The lowest BCUT2D eigenvalue weighted by atomic mass is 10.1. The molecule has 2 aromatic carbocycles. The fourth-order valence-corrected chi connectivity index (χ4v) is 3.12. The van der Waals surface area contributed by atoms with E-state index in [1.807, 2.05) is 24.3 Å². The van der Waals surface area contributed by atoms with E-state index >= 15 is 0 Å². The summed E-state index contributed by atoms with van der Waals surface area (Å²) in [6, 6.07) is 11.5. The number of rotatable bonds is 5. The van der Waals surface area contributed by atoms with Crippen LogP contribution in [0.1, 0.15) is 17.0 Å². The third-order valence-electron chi connectivity index (χ3n) is 3.40. The largest absolute Gasteiger partial charge is 0.350 e. The Kier molecular flexibility index (Phi) is 4.62. The Hall–Kier alpha value is -2.34. The number of benzene rings is 2. The first kappa shape index (κ1) is 15.6. The molecule has 1 aromatic heterocycles. The zero-order valence-corrected chi connectivity index (χ0v) is 13.0. The summed E-state index contributed by atoms with van der Waals surface area (Å²) in [4.78, 5) is 16.3. The molecule has 1 heterocycles. The number of para-hydroxylation sites is 1. The van der Waals surface area contributed by atoms with E-state index in [-0.39, 0.29) is 12.3 Å². The molecular formula is C17H14F2N2OS. The van der Waals surface area contributed by atoms with Crippen LogP contribution in [0.5, 0.6) is 0 Å². The highest BCUT2D eigenvalue weighted by Crippen LogP contribution is 2.21. The minimum atomic E-state index is -0.891. The lowest BCUT2D eigenvalue weighted by Crippen LogP contribution is -2.22. The fraction of sp³-hybridized carbons (Fsp3) is 0.176. The molecule has 118 valence electrons. The van der Waals surface area contributed by atoms with Crippen molar-refractivity contribution in [2.75, 3.05) is 0 Å². The van der Waals surface area contributed by atoms with Gasteiger partial charge in [0.25, 0.3) is 0 Å². The van der Waals surface area contributed by atoms with Crippen LogP contribution in [-0.2, 0) is 17.8 Å². The van der Waals surface area contributed by atoms with Crippen molar-refractivity contribution in [2.24, 2.45) is 0 Å². The predicted molar refractivity (Wildman–Crippen MR) is 86.1 cm³/mol. The van der Waals surface area contributed by atoms with Gasteiger partial charge in [0.1, 0.15) is 5.01 Å². The Morgan fingerprint density at radius 1 is 1.13 bits per heavy atom. The molecule has 0 saturated carbocycles. The molecule has 0 aliphatic carbocycles. The number of carbonyl (C=O) groups is 1. The molecule has 1 N–H and O–H groups in total. The summed E-state index contributed by atoms with van der Waals surface area (Å²) >= 11 is 1.54. The Bertz CT molecular complexity index is 814. The third-order valence-corrected chi connectivity index (χ3v) is 4.44. The maximum Gasteiger partial charge on any atom is 0.220 e. The van der Waals surface area contributed by atoms with Crippen LogP contribution in [-0.4, -0.2) is 10.9 Å². The van der Waals surface area contributed by atoms with E-state index in [0.29, 0.717) is 18.5 Å². The number of nitrogens with zero attached hydrogens (tertiary/aromatic N) is 1. The molecule has 0 bridgehead atoms. The number of nitrogens with one attached hydrogen (secondary N) is 1. The Balaban J connectivity index is 1.52. The average Bonchev–Trinajstić information content (AvgIpc) is 2.97. The summed E-state index contributed by atoms with van der Waals surface area (Å²) in [5.41, 5.74) is 1.52. The molecule has 3 rings (SSSR count). The van der Waals surface area contributed by atoms with Gasteiger partial charge in [-0.1, -0.05) is 18.2 Å². The summed E-state index contributed by atoms with van der Waals surface area (Å²) in [5, 5.41) is 3.64. The van der Waals surface area contributed by atoms with Gasteiger partial charge < -0.3 is 5.32 Å². The quantitative estimate of drug-likeness (QED) is 0.772. The van der Waals surface area contributed by atoms with E-state index in [1.54, 1.807) is 11.3 Å². The SMILES string of the molecule is O=C(CCc1ccc(F)c(F)c1)NCc1nc2ccccc2s1. The summed E-state index contributed by atoms with van der Waals surface area (Å²) in [7, 11) is 0. The standard InChI is InChI=1S/C17H14F2N2OS/c18-12-7-5-11(9-13(12)19)6-8-16(22)20-10-17-21-14-3-1-2-4-15(14)23-17/h1-5,7,9H,6,8,10H2,(H,20,22). The monoisotopic (exact) mass is 332 g/mol. The van der Waals surface area contributed by atoms with Gasteiger partial charge in [0, 0.05) is 6.42 Å². The van der Waals surface area contributed by atoms with E-state index in [9.17, 15) is 13.6 Å². The van der Waals surface area contributed by atoms with Gasteiger partial charge in [0.2, 0.25) is 5.91 Å². The molecule has 0 spiro atoms. The Morgan fingerprint density at radius 2 is 1.96 bits per heavy atom. The average molecular weight is 332 g/mol. The van der Waals surface area contributed by atoms with Crippen molar-refractivity contribution in [3.05, 3.63) is 64.7 Å². The number of hydrogen-bond donors (Lipinski definition) is 1. The summed E-state index contributed by atoms with van der Waals surface area (Å²) in [6.07, 6.45) is 0.582.